The second-order valence-electron chi connectivity index (χ2n) is 15.2. The Bertz CT molecular complexity index is 1030. The van der Waals surface area contributed by atoms with Gasteiger partial charge < -0.3 is 39.9 Å². The second kappa shape index (κ2) is 32.5. The zero-order valence-electron chi connectivity index (χ0n) is 34.0. The van der Waals surface area contributed by atoms with E-state index in [0.29, 0.717) is 12.8 Å². The summed E-state index contributed by atoms with van der Waals surface area (Å²) in [5.74, 6) is -1.10. The first-order chi connectivity index (χ1) is 26.4. The van der Waals surface area contributed by atoms with Gasteiger partial charge in [-0.15, -0.1) is 0 Å². The summed E-state index contributed by atoms with van der Waals surface area (Å²) in [5, 5.41) is 50.0. The van der Waals surface area contributed by atoms with Crippen LogP contribution in [0, 0.1) is 0 Å². The minimum atomic E-state index is -5.11. The molecular formula is C41H77O13P. The van der Waals surface area contributed by atoms with Crippen LogP contribution < -0.4 is 0 Å². The first-order valence-electron chi connectivity index (χ1n) is 21.5. The SMILES string of the molecule is CCCCCCC/C=C\CCCCCCCC(=O)O[C@H](COC(=O)CCCCCCCCCCCCCC)COP(=O)(O)OC1C(O)C(O)C(O)[C@@H](O)C1O. The third kappa shape index (κ3) is 25.5. The van der Waals surface area contributed by atoms with Crippen molar-refractivity contribution in [3.63, 3.8) is 0 Å². The number of hydrogen-bond donors (Lipinski definition) is 6. The van der Waals surface area contributed by atoms with Crippen LogP contribution in [-0.2, 0) is 32.7 Å². The average molecular weight is 809 g/mol. The van der Waals surface area contributed by atoms with Crippen LogP contribution in [0.25, 0.3) is 0 Å². The smallest absolute Gasteiger partial charge is 0.462 e. The van der Waals surface area contributed by atoms with Crippen molar-refractivity contribution in [3.8, 4) is 0 Å². The highest BCUT2D eigenvalue weighted by atomic mass is 31.2. The standard InChI is InChI=1S/C41H77O13P/c1-3-5-7-9-11-13-15-17-18-20-22-24-26-28-30-35(43)53-33(31-51-34(42)29-27-25-23-21-19-16-14-12-10-8-6-4-2)32-52-55(49,50)54-41-39(47)37(45)36(44)38(46)40(41)48/h15,17,33,36-41,44-48H,3-14,16,18-32H2,1-2H3,(H,49,50)/b17-15-/t33-,36?,37-,38?,39?,40?,41?/m1/s1. The molecule has 1 rings (SSSR count). The van der Waals surface area contributed by atoms with Crippen LogP contribution in [-0.4, -0.2) is 98.3 Å². The molecule has 0 spiro atoms. The van der Waals surface area contributed by atoms with E-state index in [1.54, 1.807) is 0 Å². The summed E-state index contributed by atoms with van der Waals surface area (Å²) in [6.07, 6.45) is 18.5. The zero-order chi connectivity index (χ0) is 40.7. The highest BCUT2D eigenvalue weighted by Gasteiger charge is 2.51. The number of carbonyl (C=O) groups excluding carboxylic acids is 2. The fourth-order valence-corrected chi connectivity index (χ4v) is 7.55. The Morgan fingerprint density at radius 3 is 1.38 bits per heavy atom. The molecule has 55 heavy (non-hydrogen) atoms. The van der Waals surface area contributed by atoms with Crippen molar-refractivity contribution in [2.24, 2.45) is 0 Å². The van der Waals surface area contributed by atoms with Crippen molar-refractivity contribution in [1.82, 2.24) is 0 Å². The van der Waals surface area contributed by atoms with Crippen LogP contribution in [0.15, 0.2) is 12.2 Å². The molecule has 1 aliphatic carbocycles. The highest BCUT2D eigenvalue weighted by Crippen LogP contribution is 2.47. The van der Waals surface area contributed by atoms with Crippen molar-refractivity contribution in [2.75, 3.05) is 13.2 Å². The fourth-order valence-electron chi connectivity index (χ4n) is 6.58. The van der Waals surface area contributed by atoms with Crippen molar-refractivity contribution in [1.29, 1.82) is 0 Å². The summed E-state index contributed by atoms with van der Waals surface area (Å²) in [5.41, 5.74) is 0. The molecule has 0 aromatic rings. The lowest BCUT2D eigenvalue weighted by Crippen LogP contribution is -2.64. The number of phosphoric ester groups is 1. The molecule has 0 bridgehead atoms. The molecule has 0 aromatic carbocycles. The Hall–Kier alpha value is -1.41. The molecular weight excluding hydrogens is 731 g/mol. The number of aliphatic hydroxyl groups is 5. The monoisotopic (exact) mass is 809 g/mol. The van der Waals surface area contributed by atoms with Crippen molar-refractivity contribution < 1.29 is 63.1 Å². The van der Waals surface area contributed by atoms with Gasteiger partial charge >= 0.3 is 19.8 Å². The summed E-state index contributed by atoms with van der Waals surface area (Å²) in [6.45, 7) is 3.27. The highest BCUT2D eigenvalue weighted by molar-refractivity contribution is 7.47. The van der Waals surface area contributed by atoms with Crippen LogP contribution in [0.4, 0.5) is 0 Å². The summed E-state index contributed by atoms with van der Waals surface area (Å²) in [6, 6.07) is 0. The molecule has 6 unspecified atom stereocenters. The quantitative estimate of drug-likeness (QED) is 0.0159. The van der Waals surface area contributed by atoms with Gasteiger partial charge in [0, 0.05) is 12.8 Å². The van der Waals surface area contributed by atoms with E-state index in [9.17, 15) is 44.6 Å². The van der Waals surface area contributed by atoms with Gasteiger partial charge in [-0.05, 0) is 38.5 Å². The normalized spacial score (nSPS) is 23.1. The molecule has 6 N–H and O–H groups in total. The Morgan fingerprint density at radius 1 is 0.545 bits per heavy atom. The topological polar surface area (TPSA) is 210 Å². The first kappa shape index (κ1) is 51.6. The molecule has 1 saturated carbocycles. The molecule has 324 valence electrons. The summed E-state index contributed by atoms with van der Waals surface area (Å²) < 4.78 is 33.4. The average Bonchev–Trinajstić information content (AvgIpc) is 3.16. The van der Waals surface area contributed by atoms with E-state index in [2.05, 4.69) is 26.0 Å². The fraction of sp³-hybridized carbons (Fsp3) is 0.902. The van der Waals surface area contributed by atoms with Gasteiger partial charge in [0.1, 0.15) is 43.2 Å². The molecule has 0 aromatic heterocycles. The molecule has 0 aliphatic heterocycles. The number of aliphatic hydroxyl groups excluding tert-OH is 5. The number of esters is 2. The largest absolute Gasteiger partial charge is 0.472 e. The lowest BCUT2D eigenvalue weighted by molar-refractivity contribution is -0.220. The molecule has 14 heteroatoms. The van der Waals surface area contributed by atoms with Gasteiger partial charge in [0.05, 0.1) is 6.61 Å². The van der Waals surface area contributed by atoms with E-state index < -0.39 is 75.7 Å². The number of carbonyl (C=O) groups is 2. The molecule has 8 atom stereocenters. The number of allylic oxidation sites excluding steroid dienone is 2. The first-order valence-corrected chi connectivity index (χ1v) is 23.0. The Morgan fingerprint density at radius 2 is 0.927 bits per heavy atom. The maximum atomic E-state index is 12.8. The van der Waals surface area contributed by atoms with E-state index in [0.717, 1.165) is 57.8 Å². The van der Waals surface area contributed by atoms with Gasteiger partial charge in [0.15, 0.2) is 6.10 Å². The molecule has 1 fully saturated rings. The van der Waals surface area contributed by atoms with Crippen molar-refractivity contribution in [3.05, 3.63) is 12.2 Å². The molecule has 0 heterocycles. The van der Waals surface area contributed by atoms with Gasteiger partial charge in [-0.3, -0.25) is 18.6 Å². The van der Waals surface area contributed by atoms with Crippen molar-refractivity contribution >= 4 is 19.8 Å². The Labute approximate surface area is 331 Å². The van der Waals surface area contributed by atoms with E-state index in [1.165, 1.54) is 83.5 Å². The van der Waals surface area contributed by atoms with E-state index >= 15 is 0 Å². The molecule has 1 aliphatic rings. The number of rotatable bonds is 35. The summed E-state index contributed by atoms with van der Waals surface area (Å²) in [7, 11) is -5.11. The third-order valence-corrected chi connectivity index (χ3v) is 11.1. The lowest BCUT2D eigenvalue weighted by atomic mass is 9.85. The minimum absolute atomic E-state index is 0.0904. The predicted molar refractivity (Wildman–Crippen MR) is 212 cm³/mol. The molecule has 0 radical (unpaired) electrons. The number of unbranched alkanes of at least 4 members (excludes halogenated alkanes) is 21. The van der Waals surface area contributed by atoms with Crippen LogP contribution in [0.2, 0.25) is 0 Å². The van der Waals surface area contributed by atoms with Gasteiger partial charge in [-0.2, -0.15) is 0 Å². The van der Waals surface area contributed by atoms with Gasteiger partial charge in [0.25, 0.3) is 0 Å². The number of ether oxygens (including phenoxy) is 2. The van der Waals surface area contributed by atoms with Crippen LogP contribution >= 0.6 is 7.82 Å². The van der Waals surface area contributed by atoms with Crippen molar-refractivity contribution in [2.45, 2.75) is 224 Å². The van der Waals surface area contributed by atoms with E-state index in [-0.39, 0.29) is 12.8 Å². The third-order valence-electron chi connectivity index (χ3n) is 10.1. The van der Waals surface area contributed by atoms with Crippen LogP contribution in [0.5, 0.6) is 0 Å². The molecule has 13 nitrogen and oxygen atoms in total. The molecule has 0 amide bonds. The molecule has 0 saturated heterocycles. The second-order valence-corrected chi connectivity index (χ2v) is 16.6. The van der Waals surface area contributed by atoms with Crippen LogP contribution in [0.1, 0.15) is 181 Å². The van der Waals surface area contributed by atoms with E-state index in [1.807, 2.05) is 0 Å². The van der Waals surface area contributed by atoms with Gasteiger partial charge in [-0.25, -0.2) is 4.57 Å². The zero-order valence-corrected chi connectivity index (χ0v) is 34.9. The van der Waals surface area contributed by atoms with Crippen LogP contribution in [0.3, 0.4) is 0 Å². The van der Waals surface area contributed by atoms with Gasteiger partial charge in [-0.1, -0.05) is 142 Å². The maximum Gasteiger partial charge on any atom is 0.472 e. The number of phosphoric acid groups is 1. The summed E-state index contributed by atoms with van der Waals surface area (Å²) in [4.78, 5) is 35.5. The Balaban J connectivity index is 2.50. The van der Waals surface area contributed by atoms with Gasteiger partial charge in [0.2, 0.25) is 0 Å². The lowest BCUT2D eigenvalue weighted by Gasteiger charge is -2.41. The Kier molecular flexibility index (Phi) is 30.5. The minimum Gasteiger partial charge on any atom is -0.462 e. The predicted octanol–water partition coefficient (Wildman–Crippen LogP) is 7.50. The van der Waals surface area contributed by atoms with E-state index in [4.69, 9.17) is 18.5 Å². The maximum absolute atomic E-state index is 12.8. The summed E-state index contributed by atoms with van der Waals surface area (Å²) >= 11 is 0. The number of hydrogen-bond acceptors (Lipinski definition) is 12.